The highest BCUT2D eigenvalue weighted by molar-refractivity contribution is 9.10. The van der Waals surface area contributed by atoms with Crippen LogP contribution in [0.1, 0.15) is 40.0 Å². The molecule has 0 heterocycles. The maximum absolute atomic E-state index is 13.3. The fourth-order valence-corrected chi connectivity index (χ4v) is 4.59. The summed E-state index contributed by atoms with van der Waals surface area (Å²) in [5, 5.41) is 3.64. The topological polar surface area (TPSA) is 12.0 Å². The lowest BCUT2D eigenvalue weighted by Gasteiger charge is -2.40. The lowest BCUT2D eigenvalue weighted by Crippen LogP contribution is -2.40. The van der Waals surface area contributed by atoms with Crippen molar-refractivity contribution >= 4 is 21.6 Å². The van der Waals surface area contributed by atoms with E-state index in [-0.39, 0.29) is 5.82 Å². The predicted octanol–water partition coefficient (Wildman–Crippen LogP) is 5.21. The molecule has 104 valence electrons. The van der Waals surface area contributed by atoms with Crippen molar-refractivity contribution in [2.45, 2.75) is 46.1 Å². The Morgan fingerprint density at radius 2 is 2.05 bits per heavy atom. The van der Waals surface area contributed by atoms with E-state index in [1.54, 1.807) is 0 Å². The Kier molecular flexibility index (Phi) is 2.97. The highest BCUT2D eigenvalue weighted by Crippen LogP contribution is 2.65. The minimum Gasteiger partial charge on any atom is -0.382 e. The summed E-state index contributed by atoms with van der Waals surface area (Å²) in [6.45, 7) is 7.23. The molecule has 1 N–H and O–H groups in total. The molecule has 19 heavy (non-hydrogen) atoms. The normalized spacial score (nSPS) is 35.6. The second kappa shape index (κ2) is 4.21. The summed E-state index contributed by atoms with van der Waals surface area (Å²) in [6, 6.07) is 5.70. The molecule has 1 aromatic carbocycles. The number of fused-ring (bicyclic) bond motifs is 2. The second-order valence-electron chi connectivity index (χ2n) is 6.94. The van der Waals surface area contributed by atoms with Gasteiger partial charge in [0, 0.05) is 11.7 Å². The highest BCUT2D eigenvalue weighted by atomic mass is 79.9. The molecule has 3 atom stereocenters. The molecule has 0 aliphatic heterocycles. The molecule has 2 bridgehead atoms. The average molecular weight is 326 g/mol. The predicted molar refractivity (Wildman–Crippen MR) is 80.7 cm³/mol. The van der Waals surface area contributed by atoms with E-state index in [9.17, 15) is 4.39 Å². The van der Waals surface area contributed by atoms with E-state index in [0.717, 1.165) is 11.6 Å². The summed E-state index contributed by atoms with van der Waals surface area (Å²) >= 11 is 3.26. The summed E-state index contributed by atoms with van der Waals surface area (Å²) in [4.78, 5) is 0. The van der Waals surface area contributed by atoms with Crippen molar-refractivity contribution < 1.29 is 4.39 Å². The number of rotatable bonds is 2. The molecule has 2 aliphatic carbocycles. The van der Waals surface area contributed by atoms with Gasteiger partial charge in [-0.1, -0.05) is 20.8 Å². The van der Waals surface area contributed by atoms with Crippen molar-refractivity contribution in [3.05, 3.63) is 28.5 Å². The fourth-order valence-electron chi connectivity index (χ4n) is 4.21. The van der Waals surface area contributed by atoms with Gasteiger partial charge in [0.15, 0.2) is 0 Å². The van der Waals surface area contributed by atoms with Gasteiger partial charge in [0.05, 0.1) is 4.47 Å². The maximum Gasteiger partial charge on any atom is 0.137 e. The number of nitrogens with one attached hydrogen (secondary N) is 1. The van der Waals surface area contributed by atoms with E-state index in [1.165, 1.54) is 25.3 Å². The van der Waals surface area contributed by atoms with E-state index in [4.69, 9.17) is 0 Å². The van der Waals surface area contributed by atoms with Gasteiger partial charge in [0.1, 0.15) is 5.82 Å². The summed E-state index contributed by atoms with van der Waals surface area (Å²) in [5.41, 5.74) is 1.77. The van der Waals surface area contributed by atoms with Crippen molar-refractivity contribution in [3.63, 3.8) is 0 Å². The van der Waals surface area contributed by atoms with Crippen LogP contribution < -0.4 is 5.32 Å². The largest absolute Gasteiger partial charge is 0.382 e. The van der Waals surface area contributed by atoms with Crippen molar-refractivity contribution in [2.75, 3.05) is 5.32 Å². The number of halogens is 2. The van der Waals surface area contributed by atoms with Crippen molar-refractivity contribution in [1.82, 2.24) is 0 Å². The minimum atomic E-state index is -0.204. The molecule has 1 aromatic rings. The Balaban J connectivity index is 1.84. The molecule has 1 nitrogen and oxygen atoms in total. The molecular formula is C16H21BrFN. The molecule has 3 unspecified atom stereocenters. The molecule has 0 amide bonds. The molecule has 0 radical (unpaired) electrons. The molecule has 0 spiro atoms. The monoisotopic (exact) mass is 325 g/mol. The smallest absolute Gasteiger partial charge is 0.137 e. The average Bonchev–Trinajstić information content (AvgIpc) is 2.67. The Labute approximate surface area is 123 Å². The number of anilines is 1. The summed E-state index contributed by atoms with van der Waals surface area (Å²) in [7, 11) is 0. The Morgan fingerprint density at radius 1 is 1.32 bits per heavy atom. The van der Waals surface area contributed by atoms with Crippen molar-refractivity contribution in [2.24, 2.45) is 16.7 Å². The van der Waals surface area contributed by atoms with Crippen LogP contribution in [-0.4, -0.2) is 6.04 Å². The third kappa shape index (κ3) is 1.84. The summed E-state index contributed by atoms with van der Waals surface area (Å²) < 4.78 is 13.8. The van der Waals surface area contributed by atoms with Gasteiger partial charge in [-0.05, 0) is 70.1 Å². The van der Waals surface area contributed by atoms with E-state index in [2.05, 4.69) is 42.0 Å². The number of benzene rings is 1. The molecule has 0 saturated heterocycles. The number of hydrogen-bond donors (Lipinski definition) is 1. The van der Waals surface area contributed by atoms with Gasteiger partial charge >= 0.3 is 0 Å². The highest BCUT2D eigenvalue weighted by Gasteiger charge is 2.61. The summed E-state index contributed by atoms with van der Waals surface area (Å²) in [6.07, 6.45) is 3.89. The molecule has 2 saturated carbocycles. The van der Waals surface area contributed by atoms with Gasteiger partial charge in [0.25, 0.3) is 0 Å². The first-order chi connectivity index (χ1) is 8.84. The van der Waals surface area contributed by atoms with E-state index in [1.807, 2.05) is 12.1 Å². The molecule has 3 rings (SSSR count). The molecule has 2 aliphatic rings. The minimum absolute atomic E-state index is 0.204. The van der Waals surface area contributed by atoms with Crippen LogP contribution in [0.3, 0.4) is 0 Å². The van der Waals surface area contributed by atoms with Gasteiger partial charge in [-0.15, -0.1) is 0 Å². The van der Waals surface area contributed by atoms with E-state index in [0.29, 0.717) is 21.3 Å². The van der Waals surface area contributed by atoms with Crippen LogP contribution in [0.5, 0.6) is 0 Å². The molecular weight excluding hydrogens is 305 g/mol. The number of hydrogen-bond acceptors (Lipinski definition) is 1. The SMILES string of the molecule is CC1(C)C2CCC1(C)C(Nc1ccc(F)c(Br)c1)C2. The standard InChI is InChI=1S/C16H21BrFN/c1-15(2)10-6-7-16(15,3)14(8-10)19-11-4-5-13(18)12(17)9-11/h4-5,9-10,14,19H,6-8H2,1-3H3. The molecule has 2 fully saturated rings. The van der Waals surface area contributed by atoms with Gasteiger partial charge in [-0.25, -0.2) is 4.39 Å². The van der Waals surface area contributed by atoms with Gasteiger partial charge in [0.2, 0.25) is 0 Å². The first kappa shape index (κ1) is 13.4. The van der Waals surface area contributed by atoms with Crippen LogP contribution in [-0.2, 0) is 0 Å². The van der Waals surface area contributed by atoms with Crippen LogP contribution in [0, 0.1) is 22.6 Å². The van der Waals surface area contributed by atoms with Crippen molar-refractivity contribution in [3.8, 4) is 0 Å². The van der Waals surface area contributed by atoms with Crippen LogP contribution in [0.2, 0.25) is 0 Å². The molecule has 0 aromatic heterocycles. The van der Waals surface area contributed by atoms with E-state index >= 15 is 0 Å². The van der Waals surface area contributed by atoms with Crippen LogP contribution in [0.4, 0.5) is 10.1 Å². The maximum atomic E-state index is 13.3. The molecule has 3 heteroatoms. The summed E-state index contributed by atoms with van der Waals surface area (Å²) in [5.74, 6) is 0.615. The van der Waals surface area contributed by atoms with Gasteiger partial charge < -0.3 is 5.32 Å². The Hall–Kier alpha value is -0.570. The van der Waals surface area contributed by atoms with Crippen LogP contribution in [0.25, 0.3) is 0 Å². The quantitative estimate of drug-likeness (QED) is 0.786. The third-order valence-corrected chi connectivity index (χ3v) is 6.66. The van der Waals surface area contributed by atoms with E-state index < -0.39 is 0 Å². The second-order valence-corrected chi connectivity index (χ2v) is 7.79. The zero-order valence-corrected chi connectivity index (χ0v) is 13.3. The zero-order valence-electron chi connectivity index (χ0n) is 11.8. The van der Waals surface area contributed by atoms with Gasteiger partial charge in [-0.3, -0.25) is 0 Å². The van der Waals surface area contributed by atoms with Crippen LogP contribution in [0.15, 0.2) is 22.7 Å². The fraction of sp³-hybridized carbons (Fsp3) is 0.625. The Bertz CT molecular complexity index is 513. The van der Waals surface area contributed by atoms with Crippen LogP contribution >= 0.6 is 15.9 Å². The van der Waals surface area contributed by atoms with Crippen molar-refractivity contribution in [1.29, 1.82) is 0 Å². The van der Waals surface area contributed by atoms with Gasteiger partial charge in [-0.2, -0.15) is 0 Å². The zero-order chi connectivity index (χ0) is 13.8. The third-order valence-electron chi connectivity index (χ3n) is 6.05. The first-order valence-electron chi connectivity index (χ1n) is 7.06. The lowest BCUT2D eigenvalue weighted by molar-refractivity contribution is 0.142. The lowest BCUT2D eigenvalue weighted by atomic mass is 9.69. The first-order valence-corrected chi connectivity index (χ1v) is 7.85. The Morgan fingerprint density at radius 3 is 2.58 bits per heavy atom.